The van der Waals surface area contributed by atoms with Gasteiger partial charge in [-0.2, -0.15) is 0 Å². The van der Waals surface area contributed by atoms with E-state index in [1.165, 1.54) is 17.0 Å². The van der Waals surface area contributed by atoms with E-state index >= 15 is 0 Å². The Labute approximate surface area is 187 Å². The number of benzene rings is 1. The van der Waals surface area contributed by atoms with Gasteiger partial charge in [-0.1, -0.05) is 37.5 Å². The fourth-order valence-electron chi connectivity index (χ4n) is 5.08. The van der Waals surface area contributed by atoms with Crippen LogP contribution in [0.25, 0.3) is 5.57 Å². The van der Waals surface area contributed by atoms with E-state index in [2.05, 4.69) is 9.88 Å². The van der Waals surface area contributed by atoms with Crippen molar-refractivity contribution in [1.29, 1.82) is 0 Å². The normalized spacial score (nSPS) is 20.5. The van der Waals surface area contributed by atoms with Gasteiger partial charge < -0.3 is 9.80 Å². The van der Waals surface area contributed by atoms with Crippen molar-refractivity contribution in [3.63, 3.8) is 0 Å². The molecule has 3 heterocycles. The number of nitrogens with zero attached hydrogens (tertiary/aromatic N) is 4. The number of hydrogen-bond acceptors (Lipinski definition) is 5. The molecule has 1 aliphatic carbocycles. The lowest BCUT2D eigenvalue weighted by Crippen LogP contribution is -2.49. The van der Waals surface area contributed by atoms with Crippen molar-refractivity contribution in [2.24, 2.45) is 0 Å². The highest BCUT2D eigenvalue weighted by Gasteiger charge is 2.45. The Morgan fingerprint density at radius 2 is 1.50 bits per heavy atom. The number of piperazine rings is 1. The number of rotatable bonds is 4. The lowest BCUT2D eigenvalue weighted by atomic mass is 9.94. The molecule has 1 saturated carbocycles. The van der Waals surface area contributed by atoms with Gasteiger partial charge in [0.05, 0.1) is 5.57 Å². The smallest absolute Gasteiger partial charge is 0.278 e. The van der Waals surface area contributed by atoms with E-state index in [1.54, 1.807) is 18.3 Å². The second-order valence-corrected chi connectivity index (χ2v) is 8.66. The fraction of sp³-hybridized carbons (Fsp3) is 0.400. The maximum atomic E-state index is 13.6. The molecule has 166 valence electrons. The number of amides is 2. The van der Waals surface area contributed by atoms with Crippen LogP contribution in [0.3, 0.4) is 0 Å². The average Bonchev–Trinajstić information content (AvgIpc) is 3.10. The summed E-state index contributed by atoms with van der Waals surface area (Å²) in [4.78, 5) is 37.3. The maximum absolute atomic E-state index is 13.6. The Bertz CT molecular complexity index is 1020. The molecule has 0 N–H and O–H groups in total. The third-order valence-corrected chi connectivity index (χ3v) is 6.73. The van der Waals surface area contributed by atoms with E-state index in [1.807, 2.05) is 23.1 Å². The van der Waals surface area contributed by atoms with Gasteiger partial charge >= 0.3 is 0 Å². The minimum absolute atomic E-state index is 0.0495. The lowest BCUT2D eigenvalue weighted by molar-refractivity contribution is -0.141. The van der Waals surface area contributed by atoms with Crippen LogP contribution in [0.4, 0.5) is 10.2 Å². The summed E-state index contributed by atoms with van der Waals surface area (Å²) < 4.78 is 13.6. The largest absolute Gasteiger partial charge is 0.363 e. The van der Waals surface area contributed by atoms with Crippen molar-refractivity contribution < 1.29 is 14.0 Å². The van der Waals surface area contributed by atoms with Gasteiger partial charge in [-0.25, -0.2) is 9.37 Å². The summed E-state index contributed by atoms with van der Waals surface area (Å²) in [6.45, 7) is 2.66. The molecule has 3 aliphatic rings. The molecule has 0 unspecified atom stereocenters. The van der Waals surface area contributed by atoms with Gasteiger partial charge in [-0.05, 0) is 42.7 Å². The number of pyridine rings is 1. The summed E-state index contributed by atoms with van der Waals surface area (Å²) in [6.07, 6.45) is 6.70. The highest BCUT2D eigenvalue weighted by atomic mass is 19.1. The van der Waals surface area contributed by atoms with Crippen molar-refractivity contribution in [2.75, 3.05) is 31.1 Å². The maximum Gasteiger partial charge on any atom is 0.278 e. The Morgan fingerprint density at radius 1 is 0.812 bits per heavy atom. The second kappa shape index (κ2) is 8.73. The summed E-state index contributed by atoms with van der Waals surface area (Å²) in [6, 6.07) is 11.7. The minimum atomic E-state index is -0.360. The summed E-state index contributed by atoms with van der Waals surface area (Å²) in [7, 11) is 0. The van der Waals surface area contributed by atoms with E-state index in [0.29, 0.717) is 43.0 Å². The van der Waals surface area contributed by atoms with Crippen molar-refractivity contribution in [2.45, 2.75) is 38.1 Å². The second-order valence-electron chi connectivity index (χ2n) is 8.66. The van der Waals surface area contributed by atoms with E-state index in [9.17, 15) is 14.0 Å². The molecule has 0 spiro atoms. The van der Waals surface area contributed by atoms with Crippen LogP contribution >= 0.6 is 0 Å². The molecule has 5 rings (SSSR count). The van der Waals surface area contributed by atoms with E-state index in [4.69, 9.17) is 0 Å². The zero-order chi connectivity index (χ0) is 22.1. The molecule has 0 bridgehead atoms. The minimum Gasteiger partial charge on any atom is -0.363 e. The van der Waals surface area contributed by atoms with Crippen molar-refractivity contribution in [3.8, 4) is 0 Å². The Hall–Kier alpha value is -3.22. The van der Waals surface area contributed by atoms with Crippen LogP contribution in [0.15, 0.2) is 54.4 Å². The first-order valence-corrected chi connectivity index (χ1v) is 11.4. The fourth-order valence-corrected chi connectivity index (χ4v) is 5.08. The number of carbonyl (C=O) groups is 2. The summed E-state index contributed by atoms with van der Waals surface area (Å²) >= 11 is 0. The third kappa shape index (κ3) is 3.76. The number of anilines is 1. The highest BCUT2D eigenvalue weighted by Crippen LogP contribution is 2.36. The lowest BCUT2D eigenvalue weighted by Gasteiger charge is -2.37. The molecule has 0 atom stereocenters. The van der Waals surface area contributed by atoms with E-state index < -0.39 is 0 Å². The van der Waals surface area contributed by atoms with Crippen LogP contribution in [0.1, 0.15) is 37.7 Å². The van der Waals surface area contributed by atoms with Gasteiger partial charge in [-0.15, -0.1) is 0 Å². The van der Waals surface area contributed by atoms with Crippen LogP contribution in [-0.4, -0.2) is 58.8 Å². The Morgan fingerprint density at radius 3 is 2.16 bits per heavy atom. The van der Waals surface area contributed by atoms with Gasteiger partial charge in [0.1, 0.15) is 17.3 Å². The molecular formula is C25H27FN4O2. The van der Waals surface area contributed by atoms with Crippen molar-refractivity contribution in [3.05, 3.63) is 65.7 Å². The van der Waals surface area contributed by atoms with Crippen LogP contribution < -0.4 is 4.90 Å². The Kier molecular flexibility index (Phi) is 5.64. The van der Waals surface area contributed by atoms with Crippen LogP contribution in [0, 0.1) is 5.82 Å². The number of aromatic nitrogens is 1. The summed E-state index contributed by atoms with van der Waals surface area (Å²) in [5.74, 6) is 0.113. The third-order valence-electron chi connectivity index (χ3n) is 6.73. The molecule has 2 fully saturated rings. The standard InChI is InChI=1S/C25H27FN4O2/c26-19-11-9-18(10-12-19)22-23(25(32)30(24(22)31)20-6-2-1-3-7-20)29-16-14-28(15-17-29)21-8-4-5-13-27-21/h4-5,8-13,20H,1-3,6-7,14-17H2. The van der Waals surface area contributed by atoms with Crippen LogP contribution in [0.2, 0.25) is 0 Å². The van der Waals surface area contributed by atoms with Crippen molar-refractivity contribution in [1.82, 2.24) is 14.8 Å². The average molecular weight is 435 g/mol. The first kappa shape index (κ1) is 20.7. The van der Waals surface area contributed by atoms with Gasteiger partial charge in [0.25, 0.3) is 11.8 Å². The van der Waals surface area contributed by atoms with Crippen molar-refractivity contribution >= 4 is 23.2 Å². The first-order valence-electron chi connectivity index (χ1n) is 11.4. The first-order chi connectivity index (χ1) is 15.6. The molecule has 0 radical (unpaired) electrons. The molecule has 2 aliphatic heterocycles. The van der Waals surface area contributed by atoms with E-state index in [-0.39, 0.29) is 23.7 Å². The summed E-state index contributed by atoms with van der Waals surface area (Å²) in [5, 5.41) is 0. The van der Waals surface area contributed by atoms with E-state index in [0.717, 1.165) is 37.9 Å². The Balaban J connectivity index is 1.45. The quantitative estimate of drug-likeness (QED) is 0.690. The van der Waals surface area contributed by atoms with Gasteiger partial charge in [0.2, 0.25) is 0 Å². The van der Waals surface area contributed by atoms with Gasteiger partial charge in [0.15, 0.2) is 0 Å². The highest BCUT2D eigenvalue weighted by molar-refractivity contribution is 6.35. The zero-order valence-electron chi connectivity index (χ0n) is 18.0. The van der Waals surface area contributed by atoms with Crippen LogP contribution in [0.5, 0.6) is 0 Å². The molecule has 1 aromatic heterocycles. The molecule has 32 heavy (non-hydrogen) atoms. The topological polar surface area (TPSA) is 56.8 Å². The molecular weight excluding hydrogens is 407 g/mol. The predicted octanol–water partition coefficient (Wildman–Crippen LogP) is 3.46. The predicted molar refractivity (Wildman–Crippen MR) is 120 cm³/mol. The number of carbonyl (C=O) groups excluding carboxylic acids is 2. The molecule has 2 aromatic rings. The SMILES string of the molecule is O=C1C(c2ccc(F)cc2)=C(N2CCN(c3ccccn3)CC2)C(=O)N1C1CCCCC1. The summed E-state index contributed by atoms with van der Waals surface area (Å²) in [5.41, 5.74) is 1.48. The molecule has 2 amide bonds. The molecule has 7 heteroatoms. The van der Waals surface area contributed by atoms with Crippen LogP contribution in [-0.2, 0) is 9.59 Å². The molecule has 1 aromatic carbocycles. The number of halogens is 1. The monoisotopic (exact) mass is 434 g/mol. The zero-order valence-corrected chi connectivity index (χ0v) is 18.0. The van der Waals surface area contributed by atoms with Gasteiger partial charge in [0, 0.05) is 38.4 Å². The molecule has 1 saturated heterocycles. The number of imide groups is 1. The molecule has 6 nitrogen and oxygen atoms in total. The van der Waals surface area contributed by atoms with Gasteiger partial charge in [-0.3, -0.25) is 14.5 Å². The number of hydrogen-bond donors (Lipinski definition) is 0.